The molecule has 2 aliphatic heterocycles. The van der Waals surface area contributed by atoms with Gasteiger partial charge in [-0.2, -0.15) is 13.2 Å². The van der Waals surface area contributed by atoms with Crippen LogP contribution in [0.25, 0.3) is 0 Å². The van der Waals surface area contributed by atoms with Crippen molar-refractivity contribution in [2.24, 2.45) is 5.16 Å². The third kappa shape index (κ3) is 7.69. The Balaban J connectivity index is 0.000000673. The van der Waals surface area contributed by atoms with Gasteiger partial charge in [0.05, 0.1) is 12.6 Å². The van der Waals surface area contributed by atoms with Crippen molar-refractivity contribution in [1.82, 2.24) is 15.2 Å². The van der Waals surface area contributed by atoms with Gasteiger partial charge in [0.25, 0.3) is 11.8 Å². The molecule has 1 fully saturated rings. The van der Waals surface area contributed by atoms with Crippen molar-refractivity contribution in [2.45, 2.75) is 25.2 Å². The molecular weight excluding hydrogens is 575 g/mol. The molecule has 0 aromatic carbocycles. The summed E-state index contributed by atoms with van der Waals surface area (Å²) in [6, 6.07) is -1.55. The monoisotopic (exact) mass is 595 g/mol. The number of fused-ring (bicyclic) bond motifs is 1. The second-order valence-corrected chi connectivity index (χ2v) is 9.09. The number of thioether (sulfide) groups is 1. The molecule has 0 aliphatic carbocycles. The number of oxime groups is 1. The maximum atomic E-state index is 12.7. The fourth-order valence-electron chi connectivity index (χ4n) is 3.08. The summed E-state index contributed by atoms with van der Waals surface area (Å²) in [5.74, 6) is -5.72. The van der Waals surface area contributed by atoms with Gasteiger partial charge in [0.1, 0.15) is 24.5 Å². The number of carboxylic acid groups (broad SMARTS) is 2. The number of esters is 1. The number of aliphatic carboxylic acids is 2. The number of nitrogens with zero attached hydrogens (tertiary/aromatic N) is 3. The first-order valence-corrected chi connectivity index (χ1v) is 12.3. The molecule has 2 atom stereocenters. The molecule has 14 nitrogen and oxygen atoms in total. The number of carbonyl (C=O) groups excluding carboxylic acids is 3. The first-order valence-electron chi connectivity index (χ1n) is 10.4. The van der Waals surface area contributed by atoms with Gasteiger partial charge in [-0.25, -0.2) is 19.4 Å². The summed E-state index contributed by atoms with van der Waals surface area (Å²) in [5.41, 5.74) is 5.36. The van der Waals surface area contributed by atoms with Crippen molar-refractivity contribution in [3.8, 4) is 0 Å². The molecule has 0 bridgehead atoms. The molecule has 0 spiro atoms. The van der Waals surface area contributed by atoms with E-state index in [1.54, 1.807) is 6.92 Å². The largest absolute Gasteiger partial charge is 0.490 e. The van der Waals surface area contributed by atoms with E-state index in [1.807, 2.05) is 0 Å². The van der Waals surface area contributed by atoms with Crippen LogP contribution in [0.2, 0.25) is 0 Å². The molecule has 3 rings (SSSR count). The van der Waals surface area contributed by atoms with Crippen LogP contribution in [0.3, 0.4) is 0 Å². The maximum absolute atomic E-state index is 12.7. The highest BCUT2D eigenvalue weighted by Crippen LogP contribution is 2.39. The first-order chi connectivity index (χ1) is 18.2. The summed E-state index contributed by atoms with van der Waals surface area (Å²) in [6.07, 6.45) is -2.68. The molecule has 2 unspecified atom stereocenters. The van der Waals surface area contributed by atoms with Crippen LogP contribution in [-0.4, -0.2) is 93.3 Å². The first kappa shape index (κ1) is 31.1. The summed E-state index contributed by atoms with van der Waals surface area (Å²) in [6.45, 7) is 1.82. The van der Waals surface area contributed by atoms with Crippen molar-refractivity contribution < 1.29 is 56.9 Å². The zero-order chi connectivity index (χ0) is 29.5. The number of allylic oxidation sites excluding steroid dienone is 1. The lowest BCUT2D eigenvalue weighted by molar-refractivity contribution is -0.192. The normalized spacial score (nSPS) is 18.9. The lowest BCUT2D eigenvalue weighted by Crippen LogP contribution is -2.73. The molecule has 0 radical (unpaired) electrons. The fourth-order valence-corrected chi connectivity index (χ4v) is 4.81. The number of rotatable bonds is 8. The van der Waals surface area contributed by atoms with E-state index in [1.165, 1.54) is 18.6 Å². The van der Waals surface area contributed by atoms with Crippen LogP contribution >= 0.6 is 23.1 Å². The van der Waals surface area contributed by atoms with E-state index >= 15 is 0 Å². The Morgan fingerprint density at radius 1 is 1.33 bits per heavy atom. The second kappa shape index (κ2) is 13.1. The number of ether oxygens (including phenoxy) is 1. The number of carbonyl (C=O) groups is 5. The zero-order valence-corrected chi connectivity index (χ0v) is 21.6. The average Bonchev–Trinajstić information content (AvgIpc) is 3.29. The van der Waals surface area contributed by atoms with E-state index in [2.05, 4.69) is 15.5 Å². The third-order valence-corrected chi connectivity index (χ3v) is 6.48. The Bertz CT molecular complexity index is 1250. The predicted octanol–water partition coefficient (Wildman–Crippen LogP) is 0.567. The number of thiazole rings is 1. The predicted molar refractivity (Wildman–Crippen MR) is 129 cm³/mol. The Morgan fingerprint density at radius 2 is 1.97 bits per heavy atom. The van der Waals surface area contributed by atoms with Crippen LogP contribution in [-0.2, 0) is 33.5 Å². The standard InChI is InChI=1S/C18H19N5O7S2.C2HF3O2/c1-3-30-11(24)5-4-10-14(17(27)28)23-9(7-31-10)13(16(23)26)21-15(25)12(22-29-2)8-6-32-18(19)20-8;3-2(4,5)1(6)7/h4-6,9,13H,3,7H2,1-2H3,(H2,19,20)(H,21,25)(H,27,28);(H,6,7). The molecule has 0 saturated carbocycles. The number of nitrogens with one attached hydrogen (secondary N) is 1. The van der Waals surface area contributed by atoms with Crippen LogP contribution < -0.4 is 11.1 Å². The third-order valence-electron chi connectivity index (χ3n) is 4.66. The van der Waals surface area contributed by atoms with Crippen LogP contribution in [0, 0.1) is 0 Å². The Labute approximate surface area is 225 Å². The van der Waals surface area contributed by atoms with Gasteiger partial charge in [0.15, 0.2) is 10.8 Å². The summed E-state index contributed by atoms with van der Waals surface area (Å²) in [5, 5.41) is 24.7. The molecule has 212 valence electrons. The van der Waals surface area contributed by atoms with E-state index < -0.39 is 48.0 Å². The topological polar surface area (TPSA) is 211 Å². The van der Waals surface area contributed by atoms with Crippen molar-refractivity contribution in [1.29, 1.82) is 0 Å². The number of amides is 2. The summed E-state index contributed by atoms with van der Waals surface area (Å²) < 4.78 is 36.5. The molecule has 1 saturated heterocycles. The van der Waals surface area contributed by atoms with Crippen LogP contribution in [0.4, 0.5) is 18.3 Å². The highest BCUT2D eigenvalue weighted by molar-refractivity contribution is 8.03. The van der Waals surface area contributed by atoms with Gasteiger partial charge in [0.2, 0.25) is 0 Å². The Kier molecular flexibility index (Phi) is 10.4. The number of carboxylic acids is 2. The number of alkyl halides is 3. The second-order valence-electron chi connectivity index (χ2n) is 7.14. The molecule has 39 heavy (non-hydrogen) atoms. The summed E-state index contributed by atoms with van der Waals surface area (Å²) >= 11 is 2.26. The van der Waals surface area contributed by atoms with Crippen LogP contribution in [0.1, 0.15) is 12.6 Å². The van der Waals surface area contributed by atoms with Gasteiger partial charge in [-0.1, -0.05) is 5.16 Å². The number of anilines is 1. The van der Waals surface area contributed by atoms with Gasteiger partial charge < -0.3 is 30.8 Å². The minimum absolute atomic E-state index is 0.165. The van der Waals surface area contributed by atoms with E-state index in [9.17, 15) is 37.5 Å². The van der Waals surface area contributed by atoms with Gasteiger partial charge in [0, 0.05) is 22.1 Å². The molecule has 2 aliphatic rings. The van der Waals surface area contributed by atoms with Crippen molar-refractivity contribution >= 4 is 63.7 Å². The van der Waals surface area contributed by atoms with Gasteiger partial charge in [-0.3, -0.25) is 14.5 Å². The van der Waals surface area contributed by atoms with E-state index in [-0.39, 0.29) is 33.7 Å². The van der Waals surface area contributed by atoms with Crippen LogP contribution in [0.5, 0.6) is 0 Å². The fraction of sp³-hybridized carbons (Fsp3) is 0.350. The zero-order valence-electron chi connectivity index (χ0n) is 19.9. The number of hydrogen-bond donors (Lipinski definition) is 4. The van der Waals surface area contributed by atoms with E-state index in [0.717, 1.165) is 34.1 Å². The molecular formula is C20H20F3N5O9S2. The molecule has 19 heteroatoms. The molecule has 1 aromatic rings. The van der Waals surface area contributed by atoms with Gasteiger partial charge >= 0.3 is 24.1 Å². The van der Waals surface area contributed by atoms with Crippen molar-refractivity contribution in [3.63, 3.8) is 0 Å². The maximum Gasteiger partial charge on any atom is 0.490 e. The number of nitrogen functional groups attached to an aromatic ring is 1. The van der Waals surface area contributed by atoms with Crippen molar-refractivity contribution in [3.05, 3.63) is 33.8 Å². The smallest absolute Gasteiger partial charge is 0.477 e. The van der Waals surface area contributed by atoms with E-state index in [0.29, 0.717) is 5.75 Å². The quantitative estimate of drug-likeness (QED) is 0.107. The molecule has 5 N–H and O–H groups in total. The van der Waals surface area contributed by atoms with E-state index in [4.69, 9.17) is 25.2 Å². The molecule has 2 amide bonds. The van der Waals surface area contributed by atoms with Gasteiger partial charge in [-0.05, 0) is 13.0 Å². The molecule has 3 heterocycles. The number of β-lactam (4-membered cyclic amide) rings is 1. The van der Waals surface area contributed by atoms with Crippen molar-refractivity contribution in [2.75, 3.05) is 25.2 Å². The number of halogens is 3. The minimum atomic E-state index is -5.08. The SMILES string of the molecule is CCOC(=O)C=CC1=C(C(=O)O)N2C(=O)C(NC(=O)C(=NOC)c3csc(N)n3)C2CS1.O=C(O)C(F)(F)F. The van der Waals surface area contributed by atoms with Gasteiger partial charge in [-0.15, -0.1) is 23.1 Å². The number of nitrogens with two attached hydrogens (primary N) is 1. The molecule has 1 aromatic heterocycles. The summed E-state index contributed by atoms with van der Waals surface area (Å²) in [7, 11) is 1.26. The lowest BCUT2D eigenvalue weighted by atomic mass is 9.94. The Morgan fingerprint density at radius 3 is 2.46 bits per heavy atom. The summed E-state index contributed by atoms with van der Waals surface area (Å²) in [4.78, 5) is 67.7. The lowest BCUT2D eigenvalue weighted by Gasteiger charge is -2.49. The Hall–Kier alpha value is -4.13. The number of hydrogen-bond acceptors (Lipinski definition) is 12. The highest BCUT2D eigenvalue weighted by Gasteiger charge is 2.54. The minimum Gasteiger partial charge on any atom is -0.477 e. The average molecular weight is 596 g/mol. The number of aromatic nitrogens is 1. The highest BCUT2D eigenvalue weighted by atomic mass is 32.2. The van der Waals surface area contributed by atoms with Crippen LogP contribution in [0.15, 0.2) is 33.3 Å².